The van der Waals surface area contributed by atoms with Crippen molar-refractivity contribution in [2.75, 3.05) is 36.8 Å². The average molecular weight is 272 g/mol. The first-order valence-corrected chi connectivity index (χ1v) is 7.26. The molecule has 102 valence electrons. The zero-order valence-corrected chi connectivity index (χ0v) is 12.0. The van der Waals surface area contributed by atoms with Gasteiger partial charge >= 0.3 is 10.2 Å². The number of nitrogens with zero attached hydrogens (tertiary/aromatic N) is 3. The Morgan fingerprint density at radius 2 is 1.83 bits per heavy atom. The highest BCUT2D eigenvalue weighted by Gasteiger charge is 2.13. The van der Waals surface area contributed by atoms with Crippen LogP contribution in [-0.4, -0.2) is 44.9 Å². The van der Waals surface area contributed by atoms with Gasteiger partial charge in [-0.1, -0.05) is 0 Å². The maximum atomic E-state index is 11.6. The first-order valence-electron chi connectivity index (χ1n) is 5.82. The number of hydrogen-bond donors (Lipinski definition) is 1. The van der Waals surface area contributed by atoms with Gasteiger partial charge < -0.3 is 4.90 Å². The van der Waals surface area contributed by atoms with Crippen LogP contribution in [0.15, 0.2) is 18.3 Å². The van der Waals surface area contributed by atoms with E-state index >= 15 is 0 Å². The summed E-state index contributed by atoms with van der Waals surface area (Å²) in [6, 6.07) is 3.52. The molecular formula is C11H20N4O2S. The number of aromatic nitrogens is 1. The molecule has 0 amide bonds. The first kappa shape index (κ1) is 14.7. The third-order valence-electron chi connectivity index (χ3n) is 2.56. The molecule has 6 nitrogen and oxygen atoms in total. The zero-order chi connectivity index (χ0) is 13.8. The highest BCUT2D eigenvalue weighted by molar-refractivity contribution is 7.90. The fraction of sp³-hybridized carbons (Fsp3) is 0.545. The van der Waals surface area contributed by atoms with Crippen molar-refractivity contribution < 1.29 is 8.42 Å². The van der Waals surface area contributed by atoms with E-state index in [1.54, 1.807) is 12.1 Å². The van der Waals surface area contributed by atoms with Crippen LogP contribution in [0.4, 0.5) is 11.5 Å². The van der Waals surface area contributed by atoms with Crippen LogP contribution in [0.2, 0.25) is 0 Å². The number of anilines is 2. The van der Waals surface area contributed by atoms with Crippen LogP contribution < -0.4 is 9.62 Å². The van der Waals surface area contributed by atoms with Crippen molar-refractivity contribution in [1.29, 1.82) is 0 Å². The molecule has 1 N–H and O–H groups in total. The van der Waals surface area contributed by atoms with Crippen molar-refractivity contribution in [1.82, 2.24) is 9.29 Å². The molecule has 0 saturated heterocycles. The van der Waals surface area contributed by atoms with E-state index in [2.05, 4.69) is 14.6 Å². The van der Waals surface area contributed by atoms with Crippen LogP contribution >= 0.6 is 0 Å². The van der Waals surface area contributed by atoms with E-state index in [1.165, 1.54) is 20.3 Å². The van der Waals surface area contributed by atoms with Gasteiger partial charge in [-0.2, -0.15) is 12.7 Å². The summed E-state index contributed by atoms with van der Waals surface area (Å²) in [5, 5.41) is 0. The Morgan fingerprint density at radius 3 is 2.22 bits per heavy atom. The number of rotatable bonds is 6. The molecule has 0 aliphatic heterocycles. The summed E-state index contributed by atoms with van der Waals surface area (Å²) in [5.41, 5.74) is 0.458. The summed E-state index contributed by atoms with van der Waals surface area (Å²) in [7, 11) is -0.521. The third-order valence-corrected chi connectivity index (χ3v) is 4.02. The maximum Gasteiger partial charge on any atom is 0.301 e. The third kappa shape index (κ3) is 3.58. The minimum Gasteiger partial charge on any atom is -0.357 e. The molecule has 0 aromatic carbocycles. The summed E-state index contributed by atoms with van der Waals surface area (Å²) in [6.45, 7) is 5.83. The molecule has 1 aromatic rings. The van der Waals surface area contributed by atoms with E-state index in [4.69, 9.17) is 0 Å². The fourth-order valence-corrected chi connectivity index (χ4v) is 2.02. The summed E-state index contributed by atoms with van der Waals surface area (Å²) in [6.07, 6.45) is 1.52. The van der Waals surface area contributed by atoms with Crippen LogP contribution in [0.3, 0.4) is 0 Å². The summed E-state index contributed by atoms with van der Waals surface area (Å²) >= 11 is 0. The van der Waals surface area contributed by atoms with E-state index in [9.17, 15) is 8.42 Å². The lowest BCUT2D eigenvalue weighted by Gasteiger charge is -2.20. The fourth-order valence-electron chi connectivity index (χ4n) is 1.42. The molecule has 0 atom stereocenters. The molecule has 0 radical (unpaired) electrons. The standard InChI is InChI=1S/C11H20N4O2S/c1-5-15(6-2)11-8-7-10(9-12-11)13-18(16,17)14(3)4/h7-9,13H,5-6H2,1-4H3. The lowest BCUT2D eigenvalue weighted by Crippen LogP contribution is -2.29. The highest BCUT2D eigenvalue weighted by atomic mass is 32.2. The number of hydrogen-bond acceptors (Lipinski definition) is 4. The van der Waals surface area contributed by atoms with Gasteiger partial charge in [-0.05, 0) is 26.0 Å². The second-order valence-corrected chi connectivity index (χ2v) is 5.85. The predicted molar refractivity (Wildman–Crippen MR) is 74.0 cm³/mol. The van der Waals surface area contributed by atoms with Crippen LogP contribution in [-0.2, 0) is 10.2 Å². The summed E-state index contributed by atoms with van der Waals surface area (Å²) in [4.78, 5) is 6.33. The van der Waals surface area contributed by atoms with Crippen molar-refractivity contribution in [2.24, 2.45) is 0 Å². The maximum absolute atomic E-state index is 11.6. The molecule has 18 heavy (non-hydrogen) atoms. The summed E-state index contributed by atoms with van der Waals surface area (Å²) < 4.78 is 26.8. The van der Waals surface area contributed by atoms with Crippen LogP contribution in [0.1, 0.15) is 13.8 Å². The van der Waals surface area contributed by atoms with Crippen molar-refractivity contribution >= 4 is 21.7 Å². The van der Waals surface area contributed by atoms with Crippen molar-refractivity contribution in [3.05, 3.63) is 18.3 Å². The van der Waals surface area contributed by atoms with Gasteiger partial charge in [-0.15, -0.1) is 0 Å². The van der Waals surface area contributed by atoms with Crippen LogP contribution in [0, 0.1) is 0 Å². The quantitative estimate of drug-likeness (QED) is 0.843. The molecular weight excluding hydrogens is 252 g/mol. The molecule has 0 unspecified atom stereocenters. The van der Waals surface area contributed by atoms with E-state index in [0.29, 0.717) is 5.69 Å². The smallest absolute Gasteiger partial charge is 0.301 e. The van der Waals surface area contributed by atoms with Crippen molar-refractivity contribution in [3.8, 4) is 0 Å². The topological polar surface area (TPSA) is 65.5 Å². The molecule has 0 aliphatic carbocycles. The number of nitrogens with one attached hydrogen (secondary N) is 1. The summed E-state index contributed by atoms with van der Waals surface area (Å²) in [5.74, 6) is 0.841. The van der Waals surface area contributed by atoms with Gasteiger partial charge in [-0.3, -0.25) is 4.72 Å². The van der Waals surface area contributed by atoms with E-state index in [0.717, 1.165) is 23.2 Å². The zero-order valence-electron chi connectivity index (χ0n) is 11.2. The van der Waals surface area contributed by atoms with Gasteiger partial charge in [0, 0.05) is 27.2 Å². The van der Waals surface area contributed by atoms with Gasteiger partial charge in [0.1, 0.15) is 5.82 Å². The molecule has 0 spiro atoms. The van der Waals surface area contributed by atoms with Gasteiger partial charge in [0.15, 0.2) is 0 Å². The van der Waals surface area contributed by atoms with E-state index < -0.39 is 10.2 Å². The van der Waals surface area contributed by atoms with E-state index in [1.807, 2.05) is 13.8 Å². The van der Waals surface area contributed by atoms with Crippen LogP contribution in [0.5, 0.6) is 0 Å². The lowest BCUT2D eigenvalue weighted by molar-refractivity contribution is 0.527. The Hall–Kier alpha value is -1.34. The predicted octanol–water partition coefficient (Wildman–Crippen LogP) is 1.15. The second kappa shape index (κ2) is 6.01. The van der Waals surface area contributed by atoms with E-state index in [-0.39, 0.29) is 0 Å². The molecule has 1 heterocycles. The average Bonchev–Trinajstić information content (AvgIpc) is 2.32. The van der Waals surface area contributed by atoms with Gasteiger partial charge in [0.25, 0.3) is 0 Å². The Morgan fingerprint density at radius 1 is 1.22 bits per heavy atom. The van der Waals surface area contributed by atoms with Crippen LogP contribution in [0.25, 0.3) is 0 Å². The molecule has 1 aromatic heterocycles. The molecule has 0 aliphatic rings. The Bertz CT molecular complexity index is 466. The van der Waals surface area contributed by atoms with Crippen molar-refractivity contribution in [2.45, 2.75) is 13.8 Å². The Labute approximate surface area is 109 Å². The minimum atomic E-state index is -3.47. The Balaban J connectivity index is 2.84. The normalized spacial score (nSPS) is 11.6. The van der Waals surface area contributed by atoms with Gasteiger partial charge in [0.05, 0.1) is 11.9 Å². The van der Waals surface area contributed by atoms with Gasteiger partial charge in [0.2, 0.25) is 0 Å². The Kier molecular flexibility index (Phi) is 4.92. The first-order chi connectivity index (χ1) is 8.40. The highest BCUT2D eigenvalue weighted by Crippen LogP contribution is 2.15. The molecule has 0 saturated carbocycles. The minimum absolute atomic E-state index is 0.458. The second-order valence-electron chi connectivity index (χ2n) is 3.97. The monoisotopic (exact) mass is 272 g/mol. The lowest BCUT2D eigenvalue weighted by atomic mass is 10.4. The SMILES string of the molecule is CCN(CC)c1ccc(NS(=O)(=O)N(C)C)cn1. The largest absolute Gasteiger partial charge is 0.357 e. The number of pyridine rings is 1. The van der Waals surface area contributed by atoms with Crippen molar-refractivity contribution in [3.63, 3.8) is 0 Å². The molecule has 0 bridgehead atoms. The molecule has 0 fully saturated rings. The molecule has 7 heteroatoms. The van der Waals surface area contributed by atoms with Gasteiger partial charge in [-0.25, -0.2) is 4.98 Å². The molecule has 1 rings (SSSR count).